The number of aliphatic carboxylic acids is 1. The molecule has 0 aromatic rings. The standard InChI is InChI=1S/C13H20N2O6/c1-5-6-20-10(18)14-13(9(16)17)7-15(8-13)11(19)21-12(2,3)4/h5H,1,6-8H2,2-4H3,(H,14,18)(H,16,17). The molecule has 0 bridgehead atoms. The molecule has 8 nitrogen and oxygen atoms in total. The van der Waals surface area contributed by atoms with Crippen LogP contribution in [0.15, 0.2) is 12.7 Å². The summed E-state index contributed by atoms with van der Waals surface area (Å²) in [4.78, 5) is 35.7. The third kappa shape index (κ3) is 4.37. The molecule has 0 aromatic heterocycles. The van der Waals surface area contributed by atoms with Crippen LogP contribution in [0.4, 0.5) is 9.59 Å². The number of likely N-dealkylation sites (tertiary alicyclic amines) is 1. The maximum Gasteiger partial charge on any atom is 0.410 e. The van der Waals surface area contributed by atoms with Gasteiger partial charge in [0.15, 0.2) is 5.54 Å². The number of carboxylic acids is 1. The first kappa shape index (κ1) is 16.8. The maximum absolute atomic E-state index is 11.8. The minimum Gasteiger partial charge on any atom is -0.479 e. The van der Waals surface area contributed by atoms with Gasteiger partial charge in [-0.15, -0.1) is 0 Å². The molecule has 8 heteroatoms. The maximum atomic E-state index is 11.8. The second-order valence-corrected chi connectivity index (χ2v) is 5.74. The lowest BCUT2D eigenvalue weighted by molar-refractivity contribution is -0.151. The lowest BCUT2D eigenvalue weighted by Crippen LogP contribution is -2.75. The number of carbonyl (C=O) groups excluding carboxylic acids is 2. The molecule has 118 valence electrons. The third-order valence-corrected chi connectivity index (χ3v) is 2.66. The average molecular weight is 300 g/mol. The zero-order valence-electron chi connectivity index (χ0n) is 12.3. The Morgan fingerprint density at radius 2 is 1.95 bits per heavy atom. The largest absolute Gasteiger partial charge is 0.479 e. The molecule has 0 aromatic carbocycles. The van der Waals surface area contributed by atoms with E-state index >= 15 is 0 Å². The summed E-state index contributed by atoms with van der Waals surface area (Å²) >= 11 is 0. The van der Waals surface area contributed by atoms with E-state index in [-0.39, 0.29) is 19.7 Å². The Hall–Kier alpha value is -2.25. The van der Waals surface area contributed by atoms with Crippen LogP contribution in [-0.4, -0.2) is 59.0 Å². The molecular formula is C13H20N2O6. The first-order chi connectivity index (χ1) is 9.59. The van der Waals surface area contributed by atoms with Crippen molar-refractivity contribution in [3.63, 3.8) is 0 Å². The van der Waals surface area contributed by atoms with Crippen molar-refractivity contribution in [2.45, 2.75) is 31.9 Å². The molecular weight excluding hydrogens is 280 g/mol. The van der Waals surface area contributed by atoms with Gasteiger partial charge in [-0.25, -0.2) is 14.4 Å². The van der Waals surface area contributed by atoms with Crippen LogP contribution in [0.25, 0.3) is 0 Å². The highest BCUT2D eigenvalue weighted by atomic mass is 16.6. The Labute approximate surface area is 122 Å². The monoisotopic (exact) mass is 300 g/mol. The number of rotatable bonds is 4. The summed E-state index contributed by atoms with van der Waals surface area (Å²) in [5, 5.41) is 11.5. The number of ether oxygens (including phenoxy) is 2. The van der Waals surface area contributed by atoms with E-state index in [2.05, 4.69) is 16.6 Å². The molecule has 0 saturated carbocycles. The number of alkyl carbamates (subject to hydrolysis) is 1. The van der Waals surface area contributed by atoms with Crippen LogP contribution >= 0.6 is 0 Å². The van der Waals surface area contributed by atoms with Crippen molar-refractivity contribution in [1.29, 1.82) is 0 Å². The molecule has 0 unspecified atom stereocenters. The highest BCUT2D eigenvalue weighted by Gasteiger charge is 2.54. The molecule has 1 fully saturated rings. The van der Waals surface area contributed by atoms with Crippen LogP contribution in [0.1, 0.15) is 20.8 Å². The van der Waals surface area contributed by atoms with E-state index in [0.717, 1.165) is 0 Å². The Kier molecular flexibility index (Phi) is 4.82. The highest BCUT2D eigenvalue weighted by molar-refractivity contribution is 5.88. The van der Waals surface area contributed by atoms with Gasteiger partial charge in [0, 0.05) is 0 Å². The summed E-state index contributed by atoms with van der Waals surface area (Å²) in [5.74, 6) is -1.24. The van der Waals surface area contributed by atoms with Crippen molar-refractivity contribution in [1.82, 2.24) is 10.2 Å². The molecule has 2 amide bonds. The van der Waals surface area contributed by atoms with Gasteiger partial charge in [-0.05, 0) is 20.8 Å². The Balaban J connectivity index is 2.60. The quantitative estimate of drug-likeness (QED) is 0.750. The molecule has 1 aliphatic heterocycles. The van der Waals surface area contributed by atoms with E-state index in [1.54, 1.807) is 20.8 Å². The van der Waals surface area contributed by atoms with Crippen molar-refractivity contribution in [2.75, 3.05) is 19.7 Å². The number of hydrogen-bond donors (Lipinski definition) is 2. The zero-order chi connectivity index (χ0) is 16.3. The molecule has 0 radical (unpaired) electrons. The van der Waals surface area contributed by atoms with Crippen molar-refractivity contribution in [2.24, 2.45) is 0 Å². The zero-order valence-corrected chi connectivity index (χ0v) is 12.3. The molecule has 1 aliphatic rings. The van der Waals surface area contributed by atoms with Crippen LogP contribution in [0, 0.1) is 0 Å². The fourth-order valence-electron chi connectivity index (χ4n) is 1.69. The predicted molar refractivity (Wildman–Crippen MR) is 72.9 cm³/mol. The molecule has 1 rings (SSSR count). The second kappa shape index (κ2) is 6.02. The van der Waals surface area contributed by atoms with Gasteiger partial charge in [0.2, 0.25) is 0 Å². The molecule has 1 saturated heterocycles. The summed E-state index contributed by atoms with van der Waals surface area (Å²) in [6.07, 6.45) is -0.136. The van der Waals surface area contributed by atoms with Crippen molar-refractivity contribution in [3.05, 3.63) is 12.7 Å². The topological polar surface area (TPSA) is 105 Å². The van der Waals surface area contributed by atoms with E-state index in [1.807, 2.05) is 0 Å². The van der Waals surface area contributed by atoms with E-state index < -0.39 is 29.3 Å². The Morgan fingerprint density at radius 3 is 2.38 bits per heavy atom. The second-order valence-electron chi connectivity index (χ2n) is 5.74. The van der Waals surface area contributed by atoms with Gasteiger partial charge >= 0.3 is 18.2 Å². The molecule has 0 aliphatic carbocycles. The van der Waals surface area contributed by atoms with Gasteiger partial charge in [0.1, 0.15) is 12.2 Å². The Morgan fingerprint density at radius 1 is 1.38 bits per heavy atom. The number of nitrogens with one attached hydrogen (secondary N) is 1. The molecule has 2 N–H and O–H groups in total. The van der Waals surface area contributed by atoms with Crippen molar-refractivity contribution < 1.29 is 29.0 Å². The van der Waals surface area contributed by atoms with Crippen LogP contribution < -0.4 is 5.32 Å². The fourth-order valence-corrected chi connectivity index (χ4v) is 1.69. The lowest BCUT2D eigenvalue weighted by atomic mass is 9.90. The molecule has 0 atom stereocenters. The van der Waals surface area contributed by atoms with Crippen molar-refractivity contribution in [3.8, 4) is 0 Å². The van der Waals surface area contributed by atoms with Gasteiger partial charge in [0.25, 0.3) is 0 Å². The first-order valence-electron chi connectivity index (χ1n) is 6.37. The summed E-state index contributed by atoms with van der Waals surface area (Å²) < 4.78 is 9.80. The number of amides is 2. The smallest absolute Gasteiger partial charge is 0.410 e. The average Bonchev–Trinajstić information content (AvgIpc) is 2.27. The van der Waals surface area contributed by atoms with E-state index in [4.69, 9.17) is 4.74 Å². The van der Waals surface area contributed by atoms with Crippen LogP contribution in [0.3, 0.4) is 0 Å². The van der Waals surface area contributed by atoms with E-state index in [0.29, 0.717) is 0 Å². The minimum absolute atomic E-state index is 0.0304. The molecule has 21 heavy (non-hydrogen) atoms. The number of carbonyl (C=O) groups is 3. The van der Waals surface area contributed by atoms with E-state index in [1.165, 1.54) is 11.0 Å². The Bertz CT molecular complexity index is 448. The van der Waals surface area contributed by atoms with Gasteiger partial charge in [-0.1, -0.05) is 12.7 Å². The van der Waals surface area contributed by atoms with Gasteiger partial charge in [-0.3, -0.25) is 0 Å². The molecule has 0 spiro atoms. The summed E-state index contributed by atoms with van der Waals surface area (Å²) in [7, 11) is 0. The SMILES string of the molecule is C=CCOC(=O)NC1(C(=O)O)CN(C(=O)OC(C)(C)C)C1. The van der Waals surface area contributed by atoms with Gasteiger partial charge < -0.3 is 24.8 Å². The summed E-state index contributed by atoms with van der Waals surface area (Å²) in [5.41, 5.74) is -2.22. The van der Waals surface area contributed by atoms with Crippen LogP contribution in [0.2, 0.25) is 0 Å². The third-order valence-electron chi connectivity index (χ3n) is 2.66. The van der Waals surface area contributed by atoms with Gasteiger partial charge in [0.05, 0.1) is 13.1 Å². The number of carboxylic acid groups (broad SMARTS) is 1. The summed E-state index contributed by atoms with van der Waals surface area (Å²) in [6.45, 7) is 8.11. The highest BCUT2D eigenvalue weighted by Crippen LogP contribution is 2.24. The van der Waals surface area contributed by atoms with Crippen LogP contribution in [0.5, 0.6) is 0 Å². The van der Waals surface area contributed by atoms with Crippen molar-refractivity contribution >= 4 is 18.2 Å². The normalized spacial score (nSPS) is 16.4. The lowest BCUT2D eigenvalue weighted by Gasteiger charge is -2.46. The van der Waals surface area contributed by atoms with Crippen LogP contribution in [-0.2, 0) is 14.3 Å². The molecule has 1 heterocycles. The summed E-state index contributed by atoms with van der Waals surface area (Å²) in [6, 6.07) is 0. The minimum atomic E-state index is -1.55. The predicted octanol–water partition coefficient (Wildman–Crippen LogP) is 0.973. The number of nitrogens with zero attached hydrogens (tertiary/aromatic N) is 1. The first-order valence-corrected chi connectivity index (χ1v) is 6.37. The fraction of sp³-hybridized carbons (Fsp3) is 0.615. The van der Waals surface area contributed by atoms with E-state index in [9.17, 15) is 19.5 Å². The van der Waals surface area contributed by atoms with Gasteiger partial charge in [-0.2, -0.15) is 0 Å². The number of hydrogen-bond acceptors (Lipinski definition) is 5.